The zero-order chi connectivity index (χ0) is 17.6. The van der Waals surface area contributed by atoms with Gasteiger partial charge in [0.1, 0.15) is 4.21 Å². The Morgan fingerprint density at radius 2 is 2.04 bits per heavy atom. The van der Waals surface area contributed by atoms with E-state index in [0.29, 0.717) is 33.3 Å². The van der Waals surface area contributed by atoms with Gasteiger partial charge in [0, 0.05) is 5.92 Å². The van der Waals surface area contributed by atoms with E-state index in [1.54, 1.807) is 24.3 Å². The van der Waals surface area contributed by atoms with Crippen molar-refractivity contribution in [3.63, 3.8) is 0 Å². The molecule has 1 aromatic carbocycles. The van der Waals surface area contributed by atoms with Gasteiger partial charge in [-0.25, -0.2) is 8.42 Å². The maximum Gasteiger partial charge on any atom is 0.271 e. The summed E-state index contributed by atoms with van der Waals surface area (Å²) in [5.41, 5.74) is 1.30. The lowest BCUT2D eigenvalue weighted by atomic mass is 10.2. The minimum atomic E-state index is -3.74. The van der Waals surface area contributed by atoms with Gasteiger partial charge in [0.2, 0.25) is 5.89 Å². The highest BCUT2D eigenvalue weighted by Crippen LogP contribution is 2.41. The number of rotatable bonds is 5. The van der Waals surface area contributed by atoms with Gasteiger partial charge in [0.25, 0.3) is 15.9 Å². The van der Waals surface area contributed by atoms with Gasteiger partial charge in [0.05, 0.1) is 15.6 Å². The Bertz CT molecular complexity index is 1040. The molecule has 0 spiro atoms. The molecule has 1 fully saturated rings. The fourth-order valence-corrected chi connectivity index (χ4v) is 4.95. The third kappa shape index (κ3) is 3.42. The summed E-state index contributed by atoms with van der Waals surface area (Å²) in [6, 6.07) is 8.33. The molecule has 0 unspecified atom stereocenters. The topological polar surface area (TPSA) is 85.1 Å². The number of anilines is 1. The van der Waals surface area contributed by atoms with Crippen molar-refractivity contribution in [2.75, 3.05) is 4.72 Å². The van der Waals surface area contributed by atoms with Crippen molar-refractivity contribution in [3.8, 4) is 10.8 Å². The number of thiophene rings is 1. The minimum Gasteiger partial charge on any atom is -0.420 e. The SMILES string of the molecule is Cc1ccc(NS(=O)(=O)c2ccc(-c3nnc(C4CC4)o3)s2)c(Cl)c1. The van der Waals surface area contributed by atoms with E-state index < -0.39 is 10.0 Å². The number of hydrogen-bond acceptors (Lipinski definition) is 6. The van der Waals surface area contributed by atoms with Gasteiger partial charge < -0.3 is 4.42 Å². The first-order chi connectivity index (χ1) is 11.9. The average Bonchev–Trinajstić information content (AvgIpc) is 3.09. The molecule has 0 amide bonds. The van der Waals surface area contributed by atoms with Gasteiger partial charge in [-0.1, -0.05) is 17.7 Å². The Morgan fingerprint density at radius 3 is 2.76 bits per heavy atom. The van der Waals surface area contributed by atoms with Crippen LogP contribution in [0.3, 0.4) is 0 Å². The molecule has 3 aromatic rings. The first-order valence-electron chi connectivity index (χ1n) is 7.65. The molecule has 0 bridgehead atoms. The highest BCUT2D eigenvalue weighted by Gasteiger charge is 2.30. The highest BCUT2D eigenvalue weighted by atomic mass is 35.5. The lowest BCUT2D eigenvalue weighted by Crippen LogP contribution is -2.11. The monoisotopic (exact) mass is 395 g/mol. The van der Waals surface area contributed by atoms with Gasteiger partial charge in [0.15, 0.2) is 0 Å². The van der Waals surface area contributed by atoms with Crippen molar-refractivity contribution >= 4 is 38.6 Å². The fraction of sp³-hybridized carbons (Fsp3) is 0.250. The third-order valence-corrected chi connectivity index (χ3v) is 7.04. The van der Waals surface area contributed by atoms with Crippen molar-refractivity contribution in [2.45, 2.75) is 29.9 Å². The number of nitrogens with zero attached hydrogens (tertiary/aromatic N) is 2. The lowest BCUT2D eigenvalue weighted by Gasteiger charge is -2.08. The summed E-state index contributed by atoms with van der Waals surface area (Å²) in [6.45, 7) is 1.88. The summed E-state index contributed by atoms with van der Waals surface area (Å²) in [5, 5.41) is 8.38. The standard InChI is InChI=1S/C16H14ClN3O3S2/c1-9-2-5-12(11(17)8-9)20-25(21,22)14-7-6-13(24-14)16-19-18-15(23-16)10-3-4-10/h2,5-8,10,20H,3-4H2,1H3. The summed E-state index contributed by atoms with van der Waals surface area (Å²) in [6.07, 6.45) is 2.12. The maximum absolute atomic E-state index is 12.6. The molecule has 0 aliphatic heterocycles. The normalized spacial score (nSPS) is 14.6. The number of aryl methyl sites for hydroxylation is 1. The quantitative estimate of drug-likeness (QED) is 0.690. The van der Waals surface area contributed by atoms with Crippen molar-refractivity contribution < 1.29 is 12.8 Å². The van der Waals surface area contributed by atoms with Crippen LogP contribution in [-0.2, 0) is 10.0 Å². The second-order valence-corrected chi connectivity index (χ2v) is 9.33. The Hall–Kier alpha value is -1.90. The first kappa shape index (κ1) is 16.6. The number of hydrogen-bond donors (Lipinski definition) is 1. The molecule has 9 heteroatoms. The van der Waals surface area contributed by atoms with Gasteiger partial charge in [-0.05, 0) is 49.6 Å². The molecule has 6 nitrogen and oxygen atoms in total. The summed E-state index contributed by atoms with van der Waals surface area (Å²) < 4.78 is 33.5. The summed E-state index contributed by atoms with van der Waals surface area (Å²) in [5.74, 6) is 1.33. The molecule has 0 saturated heterocycles. The van der Waals surface area contributed by atoms with Crippen LogP contribution in [0.15, 0.2) is 39.0 Å². The second kappa shape index (κ2) is 6.12. The van der Waals surface area contributed by atoms with Crippen molar-refractivity contribution in [1.82, 2.24) is 10.2 Å². The van der Waals surface area contributed by atoms with E-state index in [1.165, 1.54) is 6.07 Å². The molecule has 2 heterocycles. The average molecular weight is 396 g/mol. The zero-order valence-corrected chi connectivity index (χ0v) is 15.6. The Balaban J connectivity index is 1.59. The van der Waals surface area contributed by atoms with E-state index in [2.05, 4.69) is 14.9 Å². The number of halogens is 1. The van der Waals surface area contributed by atoms with Crippen LogP contribution < -0.4 is 4.72 Å². The highest BCUT2D eigenvalue weighted by molar-refractivity contribution is 7.94. The molecule has 130 valence electrons. The number of aromatic nitrogens is 2. The molecular weight excluding hydrogens is 382 g/mol. The zero-order valence-electron chi connectivity index (χ0n) is 13.2. The van der Waals surface area contributed by atoms with E-state index in [9.17, 15) is 8.42 Å². The van der Waals surface area contributed by atoms with Crippen LogP contribution >= 0.6 is 22.9 Å². The molecule has 1 N–H and O–H groups in total. The minimum absolute atomic E-state index is 0.158. The third-order valence-electron chi connectivity index (χ3n) is 3.79. The van der Waals surface area contributed by atoms with Crippen molar-refractivity contribution in [3.05, 3.63) is 46.8 Å². The van der Waals surface area contributed by atoms with Crippen molar-refractivity contribution in [2.24, 2.45) is 0 Å². The van der Waals surface area contributed by atoms with Crippen LogP contribution in [-0.4, -0.2) is 18.6 Å². The lowest BCUT2D eigenvalue weighted by molar-refractivity contribution is 0.509. The number of sulfonamides is 1. The van der Waals surface area contributed by atoms with Gasteiger partial charge in [-0.3, -0.25) is 4.72 Å². The molecule has 0 atom stereocenters. The fourth-order valence-electron chi connectivity index (χ4n) is 2.31. The summed E-state index contributed by atoms with van der Waals surface area (Å²) >= 11 is 7.18. The summed E-state index contributed by atoms with van der Waals surface area (Å²) in [4.78, 5) is 0.620. The molecule has 25 heavy (non-hydrogen) atoms. The number of benzene rings is 1. The van der Waals surface area contributed by atoms with Gasteiger partial charge in [-0.15, -0.1) is 21.5 Å². The van der Waals surface area contributed by atoms with Crippen LogP contribution in [0.1, 0.15) is 30.2 Å². The maximum atomic E-state index is 12.6. The van der Waals surface area contributed by atoms with E-state index >= 15 is 0 Å². The van der Waals surface area contributed by atoms with E-state index in [0.717, 1.165) is 29.7 Å². The van der Waals surface area contributed by atoms with Crippen molar-refractivity contribution in [1.29, 1.82) is 0 Å². The van der Waals surface area contributed by atoms with E-state index in [4.69, 9.17) is 16.0 Å². The Kier molecular flexibility index (Phi) is 4.05. The van der Waals surface area contributed by atoms with Crippen LogP contribution in [0.5, 0.6) is 0 Å². The first-order valence-corrected chi connectivity index (χ1v) is 10.3. The van der Waals surface area contributed by atoms with Crippen LogP contribution in [0, 0.1) is 6.92 Å². The molecule has 2 aromatic heterocycles. The molecular formula is C16H14ClN3O3S2. The smallest absolute Gasteiger partial charge is 0.271 e. The largest absolute Gasteiger partial charge is 0.420 e. The predicted molar refractivity (Wildman–Crippen MR) is 96.6 cm³/mol. The summed E-state index contributed by atoms with van der Waals surface area (Å²) in [7, 11) is -3.74. The molecule has 1 saturated carbocycles. The molecule has 0 radical (unpaired) electrons. The van der Waals surface area contributed by atoms with E-state index in [1.807, 2.05) is 6.92 Å². The van der Waals surface area contributed by atoms with Gasteiger partial charge in [-0.2, -0.15) is 0 Å². The predicted octanol–water partition coefficient (Wildman–Crippen LogP) is 4.44. The Morgan fingerprint density at radius 1 is 1.24 bits per heavy atom. The number of nitrogens with one attached hydrogen (secondary N) is 1. The van der Waals surface area contributed by atoms with Crippen LogP contribution in [0.4, 0.5) is 5.69 Å². The van der Waals surface area contributed by atoms with Crippen LogP contribution in [0.2, 0.25) is 5.02 Å². The molecule has 1 aliphatic rings. The van der Waals surface area contributed by atoms with E-state index in [-0.39, 0.29) is 4.21 Å². The molecule has 1 aliphatic carbocycles. The molecule has 4 rings (SSSR count). The Labute approximate surface area is 153 Å². The van der Waals surface area contributed by atoms with Gasteiger partial charge >= 0.3 is 0 Å². The second-order valence-electron chi connectivity index (χ2n) is 5.93. The van der Waals surface area contributed by atoms with Crippen LogP contribution in [0.25, 0.3) is 10.8 Å².